The van der Waals surface area contributed by atoms with Crippen LogP contribution in [0, 0.1) is 0 Å². The van der Waals surface area contributed by atoms with Crippen molar-refractivity contribution in [1.82, 2.24) is 25.8 Å². The van der Waals surface area contributed by atoms with Gasteiger partial charge in [-0.1, -0.05) is 18.9 Å². The number of nitrogens with zero attached hydrogens (tertiary/aromatic N) is 2. The highest BCUT2D eigenvalue weighted by atomic mass is 16.2. The first-order valence-electron chi connectivity index (χ1n) is 12.0. The zero-order valence-electron chi connectivity index (χ0n) is 19.0. The second-order valence-corrected chi connectivity index (χ2v) is 9.51. The Kier molecular flexibility index (Phi) is 5.95. The SMILES string of the molecule is O=C1CCC(N2C(=O)c3ccc(CNC4(C(=O)N5CCNCC5)CCCC4)cc3C2=O)C(=O)N1. The number of rotatable bonds is 5. The smallest absolute Gasteiger partial charge is 0.262 e. The summed E-state index contributed by atoms with van der Waals surface area (Å²) < 4.78 is 0. The van der Waals surface area contributed by atoms with Crippen molar-refractivity contribution in [3.8, 4) is 0 Å². The van der Waals surface area contributed by atoms with Crippen LogP contribution in [0.25, 0.3) is 0 Å². The Balaban J connectivity index is 1.32. The van der Waals surface area contributed by atoms with Gasteiger partial charge in [-0.3, -0.25) is 39.5 Å². The summed E-state index contributed by atoms with van der Waals surface area (Å²) in [5, 5.41) is 8.97. The number of imide groups is 2. The number of fused-ring (bicyclic) bond motifs is 1. The van der Waals surface area contributed by atoms with Crippen molar-refractivity contribution in [2.45, 2.75) is 56.7 Å². The van der Waals surface area contributed by atoms with Crippen LogP contribution in [0.4, 0.5) is 0 Å². The van der Waals surface area contributed by atoms with Gasteiger partial charge in [0.05, 0.1) is 16.7 Å². The van der Waals surface area contributed by atoms with Crippen LogP contribution >= 0.6 is 0 Å². The van der Waals surface area contributed by atoms with Crippen molar-refractivity contribution in [2.75, 3.05) is 26.2 Å². The second kappa shape index (κ2) is 8.92. The predicted molar refractivity (Wildman–Crippen MR) is 121 cm³/mol. The van der Waals surface area contributed by atoms with E-state index in [1.54, 1.807) is 18.2 Å². The number of nitrogens with one attached hydrogen (secondary N) is 3. The molecule has 3 fully saturated rings. The van der Waals surface area contributed by atoms with Crippen molar-refractivity contribution in [1.29, 1.82) is 0 Å². The normalized spacial score (nSPS) is 24.4. The summed E-state index contributed by atoms with van der Waals surface area (Å²) in [6.45, 7) is 3.39. The van der Waals surface area contributed by atoms with E-state index in [4.69, 9.17) is 0 Å². The molecule has 4 aliphatic rings. The van der Waals surface area contributed by atoms with Crippen molar-refractivity contribution < 1.29 is 24.0 Å². The third kappa shape index (κ3) is 3.90. The zero-order valence-corrected chi connectivity index (χ0v) is 19.0. The van der Waals surface area contributed by atoms with E-state index in [0.29, 0.717) is 19.6 Å². The van der Waals surface area contributed by atoms with Gasteiger partial charge in [0.2, 0.25) is 17.7 Å². The monoisotopic (exact) mass is 467 g/mol. The second-order valence-electron chi connectivity index (χ2n) is 9.51. The Hall–Kier alpha value is -3.11. The Morgan fingerprint density at radius 2 is 1.74 bits per heavy atom. The number of hydrogen-bond donors (Lipinski definition) is 3. The maximum Gasteiger partial charge on any atom is 0.262 e. The molecule has 0 aromatic heterocycles. The van der Waals surface area contributed by atoms with Gasteiger partial charge in [0, 0.05) is 39.1 Å². The van der Waals surface area contributed by atoms with Gasteiger partial charge in [-0.15, -0.1) is 0 Å². The third-order valence-corrected chi connectivity index (χ3v) is 7.41. The van der Waals surface area contributed by atoms with Crippen LogP contribution in [-0.2, 0) is 20.9 Å². The molecular formula is C24H29N5O5. The molecule has 5 amide bonds. The molecule has 3 aliphatic heterocycles. The van der Waals surface area contributed by atoms with Gasteiger partial charge in [-0.05, 0) is 37.0 Å². The molecule has 1 aromatic carbocycles. The van der Waals surface area contributed by atoms with Gasteiger partial charge >= 0.3 is 0 Å². The Morgan fingerprint density at radius 1 is 1.03 bits per heavy atom. The van der Waals surface area contributed by atoms with Gasteiger partial charge in [0.15, 0.2) is 0 Å². The van der Waals surface area contributed by atoms with Gasteiger partial charge in [-0.25, -0.2) is 0 Å². The molecular weight excluding hydrogens is 438 g/mol. The Morgan fingerprint density at radius 3 is 2.44 bits per heavy atom. The number of piperazine rings is 1. The van der Waals surface area contributed by atoms with E-state index in [-0.39, 0.29) is 29.9 Å². The number of carbonyl (C=O) groups excluding carboxylic acids is 5. The molecule has 0 spiro atoms. The van der Waals surface area contributed by atoms with E-state index in [2.05, 4.69) is 16.0 Å². The van der Waals surface area contributed by atoms with E-state index in [0.717, 1.165) is 49.2 Å². The van der Waals surface area contributed by atoms with Crippen LogP contribution in [0.5, 0.6) is 0 Å². The lowest BCUT2D eigenvalue weighted by molar-refractivity contribution is -0.139. The Labute approximate surface area is 197 Å². The topological polar surface area (TPSA) is 128 Å². The molecule has 180 valence electrons. The van der Waals surface area contributed by atoms with Gasteiger partial charge in [0.1, 0.15) is 6.04 Å². The highest BCUT2D eigenvalue weighted by Crippen LogP contribution is 2.33. The molecule has 1 aliphatic carbocycles. The first-order valence-corrected chi connectivity index (χ1v) is 12.0. The Bertz CT molecular complexity index is 1060. The van der Waals surface area contributed by atoms with Crippen molar-refractivity contribution >= 4 is 29.5 Å². The number of carbonyl (C=O) groups is 5. The minimum absolute atomic E-state index is 0.0855. The molecule has 10 heteroatoms. The molecule has 3 N–H and O–H groups in total. The summed E-state index contributed by atoms with van der Waals surface area (Å²) in [6.07, 6.45) is 3.75. The third-order valence-electron chi connectivity index (χ3n) is 7.41. The largest absolute Gasteiger partial charge is 0.339 e. The first kappa shape index (κ1) is 22.7. The lowest BCUT2D eigenvalue weighted by Crippen LogP contribution is -2.59. The minimum atomic E-state index is -0.981. The highest BCUT2D eigenvalue weighted by Gasteiger charge is 2.45. The maximum atomic E-state index is 13.4. The quantitative estimate of drug-likeness (QED) is 0.517. The first-order chi connectivity index (χ1) is 16.4. The molecule has 1 aromatic rings. The fourth-order valence-electron chi connectivity index (χ4n) is 5.51. The van der Waals surface area contributed by atoms with E-state index < -0.39 is 35.2 Å². The summed E-state index contributed by atoms with van der Waals surface area (Å²) in [7, 11) is 0. The molecule has 1 atom stereocenters. The lowest BCUT2D eigenvalue weighted by atomic mass is 9.94. The van der Waals surface area contributed by atoms with E-state index in [9.17, 15) is 24.0 Å². The summed E-state index contributed by atoms with van der Waals surface area (Å²) in [5.41, 5.74) is 0.702. The summed E-state index contributed by atoms with van der Waals surface area (Å²) in [5.74, 6) is -1.92. The molecule has 34 heavy (non-hydrogen) atoms. The molecule has 1 saturated carbocycles. The van der Waals surface area contributed by atoms with Gasteiger partial charge < -0.3 is 10.2 Å². The van der Waals surface area contributed by atoms with Crippen LogP contribution in [-0.4, -0.2) is 77.1 Å². The average molecular weight is 468 g/mol. The molecule has 5 rings (SSSR count). The number of amides is 5. The van der Waals surface area contributed by atoms with Crippen molar-refractivity contribution in [2.24, 2.45) is 0 Å². The molecule has 2 saturated heterocycles. The molecule has 1 unspecified atom stereocenters. The minimum Gasteiger partial charge on any atom is -0.339 e. The fraction of sp³-hybridized carbons (Fsp3) is 0.542. The van der Waals surface area contributed by atoms with Crippen LogP contribution in [0.3, 0.4) is 0 Å². The summed E-state index contributed by atoms with van der Waals surface area (Å²) in [6, 6.07) is 4.08. The molecule has 3 heterocycles. The fourth-order valence-corrected chi connectivity index (χ4v) is 5.51. The molecule has 0 bridgehead atoms. The summed E-state index contributed by atoms with van der Waals surface area (Å²) in [4.78, 5) is 65.9. The molecule has 0 radical (unpaired) electrons. The highest BCUT2D eigenvalue weighted by molar-refractivity contribution is 6.23. The number of hydrogen-bond acceptors (Lipinski definition) is 7. The van der Waals surface area contributed by atoms with Crippen LogP contribution in [0.1, 0.15) is 64.8 Å². The standard InChI is InChI=1S/C24H29N5O5/c30-19-6-5-18(20(31)27-19)29-21(32)16-4-3-15(13-17(16)22(29)33)14-26-24(7-1-2-8-24)23(34)28-11-9-25-10-12-28/h3-4,13,18,25-26H,1-2,5-12,14H2,(H,27,30,31). The average Bonchev–Trinajstić information content (AvgIpc) is 3.42. The van der Waals surface area contributed by atoms with E-state index in [1.807, 2.05) is 4.90 Å². The van der Waals surface area contributed by atoms with E-state index >= 15 is 0 Å². The lowest BCUT2D eigenvalue weighted by Gasteiger charge is -2.37. The van der Waals surface area contributed by atoms with E-state index in [1.165, 1.54) is 0 Å². The van der Waals surface area contributed by atoms with Crippen molar-refractivity contribution in [3.63, 3.8) is 0 Å². The van der Waals surface area contributed by atoms with Crippen LogP contribution in [0.2, 0.25) is 0 Å². The van der Waals surface area contributed by atoms with Gasteiger partial charge in [-0.2, -0.15) is 0 Å². The molecule has 10 nitrogen and oxygen atoms in total. The van der Waals surface area contributed by atoms with Crippen LogP contribution < -0.4 is 16.0 Å². The number of benzene rings is 1. The summed E-state index contributed by atoms with van der Waals surface area (Å²) >= 11 is 0. The number of piperidine rings is 1. The van der Waals surface area contributed by atoms with Crippen LogP contribution in [0.15, 0.2) is 18.2 Å². The van der Waals surface area contributed by atoms with Crippen molar-refractivity contribution in [3.05, 3.63) is 34.9 Å². The zero-order chi connectivity index (χ0) is 23.9. The van der Waals surface area contributed by atoms with Gasteiger partial charge in [0.25, 0.3) is 11.8 Å². The maximum absolute atomic E-state index is 13.4. The predicted octanol–water partition coefficient (Wildman–Crippen LogP) is -0.0780.